The van der Waals surface area contributed by atoms with Gasteiger partial charge in [-0.05, 0) is 54.8 Å². The monoisotopic (exact) mass is 382 g/mol. The van der Waals surface area contributed by atoms with Crippen molar-refractivity contribution in [3.05, 3.63) is 70.9 Å². The molecule has 7 heteroatoms. The summed E-state index contributed by atoms with van der Waals surface area (Å²) in [5.41, 5.74) is 8.19. The largest absolute Gasteiger partial charge is 0.439 e. The fraction of sp³-hybridized carbons (Fsp3) is 0.150. The molecule has 3 rings (SSSR count). The Bertz CT molecular complexity index is 962. The predicted octanol–water partition coefficient (Wildman–Crippen LogP) is 4.38. The number of nitrogens with zero attached hydrogens (tertiary/aromatic N) is 2. The first kappa shape index (κ1) is 18.7. The van der Waals surface area contributed by atoms with Crippen molar-refractivity contribution in [3.8, 4) is 11.6 Å². The van der Waals surface area contributed by atoms with Gasteiger partial charge in [0.15, 0.2) is 0 Å². The van der Waals surface area contributed by atoms with E-state index in [2.05, 4.69) is 15.3 Å². The molecule has 138 valence electrons. The lowest BCUT2D eigenvalue weighted by atomic mass is 10.1. The van der Waals surface area contributed by atoms with E-state index >= 15 is 0 Å². The molecule has 0 saturated heterocycles. The molecule has 1 heterocycles. The Morgan fingerprint density at radius 2 is 2.07 bits per heavy atom. The number of ether oxygens (including phenoxy) is 1. The van der Waals surface area contributed by atoms with E-state index < -0.39 is 0 Å². The molecular weight excluding hydrogens is 364 g/mol. The molecule has 0 aliphatic carbocycles. The van der Waals surface area contributed by atoms with Gasteiger partial charge in [-0.3, -0.25) is 4.79 Å². The van der Waals surface area contributed by atoms with Gasteiger partial charge in [0.25, 0.3) is 0 Å². The highest BCUT2D eigenvalue weighted by molar-refractivity contribution is 6.31. The molecule has 0 atom stereocenters. The molecule has 3 aromatic rings. The maximum Gasteiger partial charge on any atom is 0.224 e. The number of hydrogen-bond acceptors (Lipinski definition) is 5. The molecule has 0 aliphatic rings. The van der Waals surface area contributed by atoms with Crippen LogP contribution in [0.1, 0.15) is 17.5 Å². The quantitative estimate of drug-likeness (QED) is 0.660. The number of hydrogen-bond donors (Lipinski definition) is 2. The minimum Gasteiger partial charge on any atom is -0.439 e. The summed E-state index contributed by atoms with van der Waals surface area (Å²) >= 11 is 6.00. The van der Waals surface area contributed by atoms with E-state index in [-0.39, 0.29) is 11.9 Å². The Morgan fingerprint density at radius 3 is 2.85 bits per heavy atom. The van der Waals surface area contributed by atoms with Crippen LogP contribution < -0.4 is 15.8 Å². The second kappa shape index (κ2) is 8.51. The first-order valence-corrected chi connectivity index (χ1v) is 8.79. The number of nitrogens with one attached hydrogen (secondary N) is 1. The van der Waals surface area contributed by atoms with Crippen molar-refractivity contribution in [3.63, 3.8) is 0 Å². The van der Waals surface area contributed by atoms with Crippen LogP contribution in [0.25, 0.3) is 0 Å². The van der Waals surface area contributed by atoms with Crippen molar-refractivity contribution in [2.24, 2.45) is 0 Å². The summed E-state index contributed by atoms with van der Waals surface area (Å²) < 4.78 is 5.68. The highest BCUT2D eigenvalue weighted by Gasteiger charge is 2.06. The molecule has 6 nitrogen and oxygen atoms in total. The molecule has 0 unspecified atom stereocenters. The third-order valence-electron chi connectivity index (χ3n) is 3.85. The number of nitrogens with two attached hydrogens (primary N) is 1. The zero-order valence-corrected chi connectivity index (χ0v) is 15.5. The fourth-order valence-electron chi connectivity index (χ4n) is 2.50. The van der Waals surface area contributed by atoms with E-state index in [4.69, 9.17) is 22.1 Å². The summed E-state index contributed by atoms with van der Waals surface area (Å²) in [7, 11) is 0. The number of halogens is 1. The molecule has 1 aromatic heterocycles. The van der Waals surface area contributed by atoms with Gasteiger partial charge in [0.1, 0.15) is 5.75 Å². The van der Waals surface area contributed by atoms with Crippen molar-refractivity contribution >= 4 is 29.1 Å². The van der Waals surface area contributed by atoms with Crippen molar-refractivity contribution in [2.75, 3.05) is 11.1 Å². The SMILES string of the molecule is Cc1cc(NC(=O)CCc2cccc(Oc3ccnc(N)n3)c2)ccc1Cl. The van der Waals surface area contributed by atoms with Gasteiger partial charge < -0.3 is 15.8 Å². The van der Waals surface area contributed by atoms with Crippen LogP contribution in [0.4, 0.5) is 11.6 Å². The van der Waals surface area contributed by atoms with Crippen molar-refractivity contribution in [1.82, 2.24) is 9.97 Å². The van der Waals surface area contributed by atoms with E-state index in [1.165, 1.54) is 6.20 Å². The summed E-state index contributed by atoms with van der Waals surface area (Å²) in [6.07, 6.45) is 2.47. The van der Waals surface area contributed by atoms with E-state index in [0.717, 1.165) is 16.8 Å². The van der Waals surface area contributed by atoms with Gasteiger partial charge in [-0.2, -0.15) is 4.98 Å². The molecule has 0 saturated carbocycles. The molecule has 1 amide bonds. The molecular formula is C20H19ClN4O2. The van der Waals surface area contributed by atoms with Gasteiger partial charge in [-0.15, -0.1) is 0 Å². The summed E-state index contributed by atoms with van der Waals surface area (Å²) in [6, 6.07) is 14.5. The number of anilines is 2. The van der Waals surface area contributed by atoms with Crippen LogP contribution in [0.5, 0.6) is 11.6 Å². The highest BCUT2D eigenvalue weighted by Crippen LogP contribution is 2.22. The van der Waals surface area contributed by atoms with Crippen LogP contribution in [-0.2, 0) is 11.2 Å². The van der Waals surface area contributed by atoms with Crippen molar-refractivity contribution in [1.29, 1.82) is 0 Å². The number of carbonyl (C=O) groups excluding carboxylic acids is 1. The maximum absolute atomic E-state index is 12.2. The Balaban J connectivity index is 1.57. The minimum atomic E-state index is -0.0633. The summed E-state index contributed by atoms with van der Waals surface area (Å²) in [5.74, 6) is 1.08. The Kier molecular flexibility index (Phi) is 5.88. The topological polar surface area (TPSA) is 90.1 Å². The number of benzene rings is 2. The Labute approximate surface area is 162 Å². The van der Waals surface area contributed by atoms with Crippen molar-refractivity contribution in [2.45, 2.75) is 19.8 Å². The Hall–Kier alpha value is -3.12. The number of carbonyl (C=O) groups is 1. The highest BCUT2D eigenvalue weighted by atomic mass is 35.5. The number of rotatable bonds is 6. The summed E-state index contributed by atoms with van der Waals surface area (Å²) in [4.78, 5) is 20.0. The number of aryl methyl sites for hydroxylation is 2. The number of amides is 1. The first-order chi connectivity index (χ1) is 13.0. The third kappa shape index (κ3) is 5.43. The van der Waals surface area contributed by atoms with Gasteiger partial charge in [0.2, 0.25) is 17.7 Å². The van der Waals surface area contributed by atoms with Crippen LogP contribution >= 0.6 is 11.6 Å². The van der Waals surface area contributed by atoms with Crippen LogP contribution in [-0.4, -0.2) is 15.9 Å². The zero-order chi connectivity index (χ0) is 19.2. The van der Waals surface area contributed by atoms with Crippen molar-refractivity contribution < 1.29 is 9.53 Å². The molecule has 0 radical (unpaired) electrons. The average molecular weight is 383 g/mol. The molecule has 0 aliphatic heterocycles. The van der Waals surface area contributed by atoms with E-state index in [0.29, 0.717) is 29.5 Å². The average Bonchev–Trinajstić information content (AvgIpc) is 2.63. The van der Waals surface area contributed by atoms with Gasteiger partial charge in [-0.25, -0.2) is 4.98 Å². The second-order valence-corrected chi connectivity index (χ2v) is 6.42. The Morgan fingerprint density at radius 1 is 1.22 bits per heavy atom. The smallest absolute Gasteiger partial charge is 0.224 e. The van der Waals surface area contributed by atoms with Crippen LogP contribution in [0.15, 0.2) is 54.7 Å². The zero-order valence-electron chi connectivity index (χ0n) is 14.8. The standard InChI is InChI=1S/C20H19ClN4O2/c1-13-11-15(6-7-17(13)21)24-18(26)8-5-14-3-2-4-16(12-14)27-19-9-10-23-20(22)25-19/h2-4,6-7,9-12H,5,8H2,1H3,(H,24,26)(H2,22,23,25). The van der Waals surface area contributed by atoms with Gasteiger partial charge in [-0.1, -0.05) is 23.7 Å². The predicted molar refractivity (Wildman–Crippen MR) is 106 cm³/mol. The van der Waals surface area contributed by atoms with Gasteiger partial charge >= 0.3 is 0 Å². The van der Waals surface area contributed by atoms with E-state index in [9.17, 15) is 4.79 Å². The third-order valence-corrected chi connectivity index (χ3v) is 4.28. The van der Waals surface area contributed by atoms with E-state index in [1.54, 1.807) is 18.2 Å². The van der Waals surface area contributed by atoms with Crippen LogP contribution in [0, 0.1) is 6.92 Å². The lowest BCUT2D eigenvalue weighted by Crippen LogP contribution is -2.12. The lowest BCUT2D eigenvalue weighted by Gasteiger charge is -2.09. The summed E-state index contributed by atoms with van der Waals surface area (Å²) in [6.45, 7) is 1.90. The molecule has 0 bridgehead atoms. The van der Waals surface area contributed by atoms with E-state index in [1.807, 2.05) is 37.3 Å². The summed E-state index contributed by atoms with van der Waals surface area (Å²) in [5, 5.41) is 3.56. The molecule has 27 heavy (non-hydrogen) atoms. The molecule has 2 aromatic carbocycles. The maximum atomic E-state index is 12.2. The fourth-order valence-corrected chi connectivity index (χ4v) is 2.62. The normalized spacial score (nSPS) is 10.4. The molecule has 0 fully saturated rings. The van der Waals surface area contributed by atoms with Crippen LogP contribution in [0.3, 0.4) is 0 Å². The second-order valence-electron chi connectivity index (χ2n) is 6.01. The molecule has 0 spiro atoms. The van der Waals surface area contributed by atoms with Gasteiger partial charge in [0.05, 0.1) is 0 Å². The molecule has 3 N–H and O–H groups in total. The van der Waals surface area contributed by atoms with Gasteiger partial charge in [0, 0.05) is 29.4 Å². The first-order valence-electron chi connectivity index (χ1n) is 8.41. The number of aromatic nitrogens is 2. The lowest BCUT2D eigenvalue weighted by molar-refractivity contribution is -0.116. The van der Waals surface area contributed by atoms with Crippen LogP contribution in [0.2, 0.25) is 5.02 Å². The minimum absolute atomic E-state index is 0.0633. The number of nitrogen functional groups attached to an aromatic ring is 1.